The summed E-state index contributed by atoms with van der Waals surface area (Å²) in [6.45, 7) is 0. The lowest BCUT2D eigenvalue weighted by Gasteiger charge is -2.20. The van der Waals surface area contributed by atoms with Gasteiger partial charge in [0, 0.05) is 12.6 Å². The highest BCUT2D eigenvalue weighted by atomic mass is 32.2. The minimum atomic E-state index is -3.02. The fraction of sp³-hybridized carbons (Fsp3) is 0.500. The van der Waals surface area contributed by atoms with E-state index in [9.17, 15) is 13.5 Å². The average molecular weight is 281 g/mol. The zero-order valence-corrected chi connectivity index (χ0v) is 11.2. The Kier molecular flexibility index (Phi) is 2.93. The Morgan fingerprint density at radius 3 is 3.00 bits per heavy atom. The lowest BCUT2D eigenvalue weighted by molar-refractivity contribution is 0.477. The zero-order chi connectivity index (χ0) is 13.5. The molecule has 19 heavy (non-hydrogen) atoms. The molecule has 0 aromatic carbocycles. The molecule has 2 aromatic heterocycles. The van der Waals surface area contributed by atoms with E-state index < -0.39 is 9.84 Å². The Bertz CT molecular complexity index is 708. The molecular formula is C12H15N3O3S. The molecule has 1 aliphatic rings. The van der Waals surface area contributed by atoms with Crippen LogP contribution in [-0.4, -0.2) is 39.1 Å². The Morgan fingerprint density at radius 2 is 2.26 bits per heavy atom. The summed E-state index contributed by atoms with van der Waals surface area (Å²) in [6.07, 6.45) is 4.36. The number of pyridine rings is 1. The van der Waals surface area contributed by atoms with Gasteiger partial charge in [0.2, 0.25) is 0 Å². The maximum atomic E-state index is 12.0. The highest BCUT2D eigenvalue weighted by Crippen LogP contribution is 2.23. The van der Waals surface area contributed by atoms with E-state index in [1.165, 1.54) is 10.6 Å². The van der Waals surface area contributed by atoms with Crippen LogP contribution in [0.5, 0.6) is 5.75 Å². The number of nitrogens with zero attached hydrogens (tertiary/aromatic N) is 3. The van der Waals surface area contributed by atoms with E-state index in [0.29, 0.717) is 24.3 Å². The molecule has 0 radical (unpaired) electrons. The van der Waals surface area contributed by atoms with Gasteiger partial charge in [-0.3, -0.25) is 0 Å². The van der Waals surface area contributed by atoms with Gasteiger partial charge in [0.1, 0.15) is 0 Å². The molecule has 1 atom stereocenters. The smallest absolute Gasteiger partial charge is 0.197 e. The maximum Gasteiger partial charge on any atom is 0.197 e. The van der Waals surface area contributed by atoms with E-state index in [4.69, 9.17) is 0 Å². The van der Waals surface area contributed by atoms with Gasteiger partial charge in [0.15, 0.2) is 27.1 Å². The van der Waals surface area contributed by atoms with E-state index in [-0.39, 0.29) is 16.8 Å². The van der Waals surface area contributed by atoms with Gasteiger partial charge < -0.3 is 5.11 Å². The first-order valence-corrected chi connectivity index (χ1v) is 8.02. The summed E-state index contributed by atoms with van der Waals surface area (Å²) in [5.41, 5.74) is 0.366. The summed E-state index contributed by atoms with van der Waals surface area (Å²) in [7, 11) is -3.02. The fourth-order valence-electron chi connectivity index (χ4n) is 2.48. The van der Waals surface area contributed by atoms with Gasteiger partial charge in [-0.1, -0.05) is 6.42 Å². The van der Waals surface area contributed by atoms with E-state index in [1.807, 2.05) is 0 Å². The second-order valence-corrected chi connectivity index (χ2v) is 7.28. The lowest BCUT2D eigenvalue weighted by atomic mass is 10.1. The number of aromatic nitrogens is 3. The van der Waals surface area contributed by atoms with Crippen LogP contribution >= 0.6 is 0 Å². The molecule has 0 saturated carbocycles. The fourth-order valence-corrected chi connectivity index (χ4v) is 4.35. The van der Waals surface area contributed by atoms with Crippen molar-refractivity contribution in [2.24, 2.45) is 0 Å². The minimum absolute atomic E-state index is 0.0488. The monoisotopic (exact) mass is 281 g/mol. The van der Waals surface area contributed by atoms with E-state index in [0.717, 1.165) is 12.8 Å². The molecule has 0 amide bonds. The molecule has 1 N–H and O–H groups in total. The lowest BCUT2D eigenvalue weighted by Crippen LogP contribution is -2.30. The predicted molar refractivity (Wildman–Crippen MR) is 69.8 cm³/mol. The van der Waals surface area contributed by atoms with Crippen molar-refractivity contribution in [3.8, 4) is 5.75 Å². The predicted octanol–water partition coefficient (Wildman–Crippen LogP) is 0.945. The van der Waals surface area contributed by atoms with Crippen LogP contribution in [0.2, 0.25) is 0 Å². The zero-order valence-electron chi connectivity index (χ0n) is 10.4. The molecule has 102 valence electrons. The van der Waals surface area contributed by atoms with Crippen molar-refractivity contribution in [1.82, 2.24) is 14.6 Å². The molecule has 1 fully saturated rings. The maximum absolute atomic E-state index is 12.0. The molecule has 7 heteroatoms. The molecule has 0 aliphatic carbocycles. The Labute approximate surface area is 111 Å². The van der Waals surface area contributed by atoms with Crippen molar-refractivity contribution in [1.29, 1.82) is 0 Å². The summed E-state index contributed by atoms with van der Waals surface area (Å²) in [5.74, 6) is 0.778. The molecular weight excluding hydrogens is 266 g/mol. The third-order valence-electron chi connectivity index (χ3n) is 3.51. The second-order valence-electron chi connectivity index (χ2n) is 4.88. The normalized spacial score (nSPS) is 22.6. The summed E-state index contributed by atoms with van der Waals surface area (Å²) in [5, 5.41) is 13.5. The summed E-state index contributed by atoms with van der Waals surface area (Å²) in [4.78, 5) is 4.21. The quantitative estimate of drug-likeness (QED) is 0.885. The number of hydrogen-bond acceptors (Lipinski definition) is 5. The summed E-state index contributed by atoms with van der Waals surface area (Å²) >= 11 is 0. The van der Waals surface area contributed by atoms with Crippen molar-refractivity contribution < 1.29 is 13.5 Å². The molecule has 1 unspecified atom stereocenters. The molecule has 3 heterocycles. The van der Waals surface area contributed by atoms with Crippen LogP contribution in [-0.2, 0) is 16.3 Å². The highest BCUT2D eigenvalue weighted by molar-refractivity contribution is 7.92. The third kappa shape index (κ3) is 2.30. The van der Waals surface area contributed by atoms with Crippen LogP contribution < -0.4 is 0 Å². The Hall–Kier alpha value is -1.63. The summed E-state index contributed by atoms with van der Waals surface area (Å²) in [6, 6.07) is 3.20. The van der Waals surface area contributed by atoms with Gasteiger partial charge >= 0.3 is 0 Å². The van der Waals surface area contributed by atoms with Gasteiger partial charge in [0.05, 0.1) is 11.0 Å². The highest BCUT2D eigenvalue weighted by Gasteiger charge is 2.30. The average Bonchev–Trinajstić information content (AvgIpc) is 2.76. The molecule has 3 rings (SSSR count). The number of sulfone groups is 1. The van der Waals surface area contributed by atoms with Crippen molar-refractivity contribution in [3.63, 3.8) is 0 Å². The Balaban J connectivity index is 1.91. The second kappa shape index (κ2) is 4.48. The van der Waals surface area contributed by atoms with Gasteiger partial charge in [-0.2, -0.15) is 5.10 Å². The first kappa shape index (κ1) is 12.4. The molecule has 2 aromatic rings. The van der Waals surface area contributed by atoms with Crippen LogP contribution in [0.15, 0.2) is 18.3 Å². The van der Waals surface area contributed by atoms with Crippen molar-refractivity contribution in [3.05, 3.63) is 24.2 Å². The van der Waals surface area contributed by atoms with Crippen LogP contribution in [0.3, 0.4) is 0 Å². The number of aromatic hydroxyl groups is 1. The first-order valence-electron chi connectivity index (χ1n) is 6.31. The van der Waals surface area contributed by atoms with Crippen LogP contribution in [0.4, 0.5) is 0 Å². The van der Waals surface area contributed by atoms with Crippen molar-refractivity contribution in [2.75, 3.05) is 5.75 Å². The van der Waals surface area contributed by atoms with Crippen molar-refractivity contribution in [2.45, 2.75) is 30.9 Å². The van der Waals surface area contributed by atoms with Crippen LogP contribution in [0.25, 0.3) is 5.65 Å². The molecule has 0 spiro atoms. The number of hydrogen-bond donors (Lipinski definition) is 1. The topological polar surface area (TPSA) is 84.6 Å². The van der Waals surface area contributed by atoms with E-state index in [1.54, 1.807) is 12.3 Å². The largest absolute Gasteiger partial charge is 0.504 e. The number of rotatable bonds is 2. The van der Waals surface area contributed by atoms with Crippen LogP contribution in [0, 0.1) is 0 Å². The Morgan fingerprint density at radius 1 is 1.42 bits per heavy atom. The van der Waals surface area contributed by atoms with Gasteiger partial charge in [-0.15, -0.1) is 0 Å². The standard InChI is InChI=1S/C12H15N3O3S/c16-10-5-3-6-15-12(10)13-11(14-15)8-9-4-1-2-7-19(9,17)18/h3,5-6,9,16H,1-2,4,7-8H2. The minimum Gasteiger partial charge on any atom is -0.504 e. The summed E-state index contributed by atoms with van der Waals surface area (Å²) < 4.78 is 25.4. The molecule has 0 bridgehead atoms. The molecule has 6 nitrogen and oxygen atoms in total. The van der Waals surface area contributed by atoms with Gasteiger partial charge in [-0.25, -0.2) is 17.9 Å². The van der Waals surface area contributed by atoms with Gasteiger partial charge in [0.25, 0.3) is 0 Å². The SMILES string of the molecule is O=S1(=O)CCCCC1Cc1nc2c(O)cccn2n1. The van der Waals surface area contributed by atoms with E-state index >= 15 is 0 Å². The number of fused-ring (bicyclic) bond motifs is 1. The first-order chi connectivity index (χ1) is 9.06. The molecule has 1 saturated heterocycles. The van der Waals surface area contributed by atoms with Gasteiger partial charge in [-0.05, 0) is 25.0 Å². The molecule has 1 aliphatic heterocycles. The third-order valence-corrected chi connectivity index (χ3v) is 5.78. The van der Waals surface area contributed by atoms with Crippen molar-refractivity contribution >= 4 is 15.5 Å². The van der Waals surface area contributed by atoms with E-state index in [2.05, 4.69) is 10.1 Å². The van der Waals surface area contributed by atoms with Crippen LogP contribution in [0.1, 0.15) is 25.1 Å².